The number of aliphatic carboxylic acids is 1. The van der Waals surface area contributed by atoms with E-state index in [1.54, 1.807) is 0 Å². The first-order valence-corrected chi connectivity index (χ1v) is 5.40. The SMILES string of the molecule is O=C(O)C1CCCC1C(=O)NCC(O)C(F)F. The number of rotatable bonds is 5. The van der Waals surface area contributed by atoms with Crippen molar-refractivity contribution in [1.29, 1.82) is 0 Å². The molecule has 0 spiro atoms. The van der Waals surface area contributed by atoms with Crippen LogP contribution in [-0.4, -0.2) is 41.2 Å². The number of carboxylic acid groups (broad SMARTS) is 1. The topological polar surface area (TPSA) is 86.6 Å². The van der Waals surface area contributed by atoms with Gasteiger partial charge in [-0.3, -0.25) is 9.59 Å². The summed E-state index contributed by atoms with van der Waals surface area (Å²) >= 11 is 0. The highest BCUT2D eigenvalue weighted by Gasteiger charge is 2.37. The number of aliphatic hydroxyl groups is 1. The van der Waals surface area contributed by atoms with E-state index in [9.17, 15) is 18.4 Å². The van der Waals surface area contributed by atoms with Crippen LogP contribution in [0.15, 0.2) is 0 Å². The molecule has 0 heterocycles. The highest BCUT2D eigenvalue weighted by Crippen LogP contribution is 2.31. The highest BCUT2D eigenvalue weighted by molar-refractivity contribution is 5.85. The van der Waals surface area contributed by atoms with E-state index in [1.165, 1.54) is 0 Å². The van der Waals surface area contributed by atoms with Crippen LogP contribution in [-0.2, 0) is 9.59 Å². The Hall–Kier alpha value is -1.24. The molecule has 5 nitrogen and oxygen atoms in total. The van der Waals surface area contributed by atoms with Gasteiger partial charge in [-0.05, 0) is 12.8 Å². The van der Waals surface area contributed by atoms with Gasteiger partial charge >= 0.3 is 5.97 Å². The van der Waals surface area contributed by atoms with Gasteiger partial charge in [0.1, 0.15) is 6.10 Å². The smallest absolute Gasteiger partial charge is 0.307 e. The second-order valence-corrected chi connectivity index (χ2v) is 4.13. The van der Waals surface area contributed by atoms with Gasteiger partial charge in [0.05, 0.1) is 11.8 Å². The van der Waals surface area contributed by atoms with Crippen molar-refractivity contribution in [2.45, 2.75) is 31.8 Å². The maximum Gasteiger partial charge on any atom is 0.307 e. The molecule has 1 aliphatic carbocycles. The van der Waals surface area contributed by atoms with Gasteiger partial charge in [0, 0.05) is 6.54 Å². The minimum atomic E-state index is -2.92. The Morgan fingerprint density at radius 3 is 2.41 bits per heavy atom. The number of carboxylic acids is 1. The van der Waals surface area contributed by atoms with Gasteiger partial charge in [0.15, 0.2) is 0 Å². The molecular weight excluding hydrogens is 236 g/mol. The minimum absolute atomic E-state index is 0.421. The van der Waals surface area contributed by atoms with Crippen LogP contribution >= 0.6 is 0 Å². The molecule has 0 aromatic heterocycles. The van der Waals surface area contributed by atoms with E-state index in [4.69, 9.17) is 10.2 Å². The first-order valence-electron chi connectivity index (χ1n) is 5.40. The highest BCUT2D eigenvalue weighted by atomic mass is 19.3. The fourth-order valence-corrected chi connectivity index (χ4v) is 1.99. The summed E-state index contributed by atoms with van der Waals surface area (Å²) in [6.07, 6.45) is -3.34. The monoisotopic (exact) mass is 251 g/mol. The number of amides is 1. The second-order valence-electron chi connectivity index (χ2n) is 4.13. The van der Waals surface area contributed by atoms with Crippen molar-refractivity contribution in [1.82, 2.24) is 5.32 Å². The third-order valence-electron chi connectivity index (χ3n) is 2.95. The molecule has 3 atom stereocenters. The standard InChI is InChI=1S/C10H15F2NO4/c11-8(12)7(14)4-13-9(15)5-2-1-3-6(5)10(16)17/h5-8,14H,1-4H2,(H,13,15)(H,16,17). The van der Waals surface area contributed by atoms with Crippen LogP contribution in [0.1, 0.15) is 19.3 Å². The van der Waals surface area contributed by atoms with Crippen molar-refractivity contribution in [3.05, 3.63) is 0 Å². The van der Waals surface area contributed by atoms with Crippen molar-refractivity contribution in [3.63, 3.8) is 0 Å². The van der Waals surface area contributed by atoms with Gasteiger partial charge in [-0.1, -0.05) is 6.42 Å². The number of halogens is 2. The molecule has 3 unspecified atom stereocenters. The first kappa shape index (κ1) is 13.8. The first-order chi connectivity index (χ1) is 7.93. The molecule has 98 valence electrons. The van der Waals surface area contributed by atoms with Gasteiger partial charge < -0.3 is 15.5 Å². The summed E-state index contributed by atoms with van der Waals surface area (Å²) in [5.74, 6) is -3.05. The molecule has 1 amide bonds. The van der Waals surface area contributed by atoms with Gasteiger partial charge in [-0.2, -0.15) is 0 Å². The Labute approximate surface area is 96.8 Å². The second kappa shape index (κ2) is 5.90. The van der Waals surface area contributed by atoms with Gasteiger partial charge in [0.25, 0.3) is 6.43 Å². The summed E-state index contributed by atoms with van der Waals surface area (Å²) in [6.45, 7) is -0.556. The zero-order chi connectivity index (χ0) is 13.0. The number of alkyl halides is 2. The van der Waals surface area contributed by atoms with E-state index < -0.39 is 42.8 Å². The summed E-state index contributed by atoms with van der Waals surface area (Å²) in [6, 6.07) is 0. The minimum Gasteiger partial charge on any atom is -0.481 e. The molecule has 0 aliphatic heterocycles. The summed E-state index contributed by atoms with van der Waals surface area (Å²) in [4.78, 5) is 22.4. The third kappa shape index (κ3) is 3.62. The van der Waals surface area contributed by atoms with Gasteiger partial charge in [-0.15, -0.1) is 0 Å². The van der Waals surface area contributed by atoms with E-state index in [1.807, 2.05) is 0 Å². The average Bonchev–Trinajstić information content (AvgIpc) is 2.73. The summed E-state index contributed by atoms with van der Waals surface area (Å²) in [5, 5.41) is 19.8. The predicted octanol–water partition coefficient (Wildman–Crippen LogP) is 0.229. The average molecular weight is 251 g/mol. The third-order valence-corrected chi connectivity index (χ3v) is 2.95. The molecule has 3 N–H and O–H groups in total. The van der Waals surface area contributed by atoms with Crippen molar-refractivity contribution >= 4 is 11.9 Å². The lowest BCUT2D eigenvalue weighted by Gasteiger charge is -2.17. The number of hydrogen-bond acceptors (Lipinski definition) is 3. The van der Waals surface area contributed by atoms with Gasteiger partial charge in [0.2, 0.25) is 5.91 Å². The molecule has 0 aromatic carbocycles. The van der Waals surface area contributed by atoms with Crippen LogP contribution in [0.2, 0.25) is 0 Å². The van der Waals surface area contributed by atoms with Crippen LogP contribution in [0.5, 0.6) is 0 Å². The quantitative estimate of drug-likeness (QED) is 0.652. The van der Waals surface area contributed by atoms with Crippen molar-refractivity contribution in [3.8, 4) is 0 Å². The lowest BCUT2D eigenvalue weighted by atomic mass is 9.95. The Kier molecular flexibility index (Phi) is 4.80. The summed E-state index contributed by atoms with van der Waals surface area (Å²) < 4.78 is 23.9. The molecular formula is C10H15F2NO4. The maximum atomic E-state index is 12.0. The number of nitrogens with one attached hydrogen (secondary N) is 1. The summed E-state index contributed by atoms with van der Waals surface area (Å²) in [7, 11) is 0. The van der Waals surface area contributed by atoms with Crippen LogP contribution < -0.4 is 5.32 Å². The molecule has 0 radical (unpaired) electrons. The fraction of sp³-hybridized carbons (Fsp3) is 0.800. The van der Waals surface area contributed by atoms with E-state index >= 15 is 0 Å². The Morgan fingerprint density at radius 2 is 1.88 bits per heavy atom. The number of carbonyl (C=O) groups is 2. The van der Waals surface area contributed by atoms with E-state index in [0.29, 0.717) is 19.3 Å². The molecule has 7 heteroatoms. The summed E-state index contributed by atoms with van der Waals surface area (Å²) in [5.41, 5.74) is 0. The Morgan fingerprint density at radius 1 is 1.29 bits per heavy atom. The molecule has 1 fully saturated rings. The molecule has 0 aromatic rings. The number of carbonyl (C=O) groups excluding carboxylic acids is 1. The molecule has 0 bridgehead atoms. The molecule has 1 saturated carbocycles. The van der Waals surface area contributed by atoms with Crippen molar-refractivity contribution in [2.75, 3.05) is 6.54 Å². The number of aliphatic hydroxyl groups excluding tert-OH is 1. The van der Waals surface area contributed by atoms with Crippen molar-refractivity contribution in [2.24, 2.45) is 11.8 Å². The van der Waals surface area contributed by atoms with E-state index in [-0.39, 0.29) is 0 Å². The van der Waals surface area contributed by atoms with Crippen molar-refractivity contribution < 1.29 is 28.6 Å². The zero-order valence-corrected chi connectivity index (χ0v) is 9.10. The molecule has 1 aliphatic rings. The fourth-order valence-electron chi connectivity index (χ4n) is 1.99. The Bertz CT molecular complexity index is 298. The normalized spacial score (nSPS) is 25.9. The van der Waals surface area contributed by atoms with E-state index in [0.717, 1.165) is 0 Å². The maximum absolute atomic E-state index is 12.0. The Balaban J connectivity index is 2.44. The van der Waals surface area contributed by atoms with Crippen LogP contribution in [0, 0.1) is 11.8 Å². The lowest BCUT2D eigenvalue weighted by molar-refractivity contribution is -0.146. The zero-order valence-electron chi connectivity index (χ0n) is 9.10. The van der Waals surface area contributed by atoms with Crippen LogP contribution in [0.3, 0.4) is 0 Å². The predicted molar refractivity (Wildman–Crippen MR) is 53.5 cm³/mol. The molecule has 17 heavy (non-hydrogen) atoms. The number of hydrogen-bond donors (Lipinski definition) is 3. The van der Waals surface area contributed by atoms with Crippen LogP contribution in [0.25, 0.3) is 0 Å². The van der Waals surface area contributed by atoms with Crippen LogP contribution in [0.4, 0.5) is 8.78 Å². The molecule has 1 rings (SSSR count). The molecule has 0 saturated heterocycles. The van der Waals surface area contributed by atoms with E-state index in [2.05, 4.69) is 5.32 Å². The lowest BCUT2D eigenvalue weighted by Crippen LogP contribution is -2.41. The largest absolute Gasteiger partial charge is 0.481 e. The van der Waals surface area contributed by atoms with Gasteiger partial charge in [-0.25, -0.2) is 8.78 Å².